The van der Waals surface area contributed by atoms with Gasteiger partial charge in [0.05, 0.1) is 17.6 Å². The number of furan rings is 1. The fraction of sp³-hybridized carbons (Fsp3) is 0.647. The van der Waals surface area contributed by atoms with Crippen LogP contribution >= 0.6 is 0 Å². The van der Waals surface area contributed by atoms with Gasteiger partial charge in [0.15, 0.2) is 15.6 Å². The summed E-state index contributed by atoms with van der Waals surface area (Å²) in [6.07, 6.45) is 2.29. The van der Waals surface area contributed by atoms with E-state index < -0.39 is 27.8 Å². The third-order valence-electron chi connectivity index (χ3n) is 4.91. The molecule has 2 unspecified atom stereocenters. The van der Waals surface area contributed by atoms with Crippen molar-refractivity contribution in [2.24, 2.45) is 0 Å². The van der Waals surface area contributed by atoms with Gasteiger partial charge in [-0.1, -0.05) is 6.92 Å². The lowest BCUT2D eigenvalue weighted by Crippen LogP contribution is -2.45. The summed E-state index contributed by atoms with van der Waals surface area (Å²) in [7, 11) is -3.17. The van der Waals surface area contributed by atoms with Gasteiger partial charge in [0.25, 0.3) is 5.91 Å². The maximum Gasteiger partial charge on any atom is 0.339 e. The number of carboxylic acids is 1. The summed E-state index contributed by atoms with van der Waals surface area (Å²) in [5, 5.41) is 9.26. The number of rotatable bonds is 6. The van der Waals surface area contributed by atoms with Crippen molar-refractivity contribution in [3.63, 3.8) is 0 Å². The molecule has 0 saturated carbocycles. The first-order valence-electron chi connectivity index (χ1n) is 8.79. The lowest BCUT2D eigenvalue weighted by molar-refractivity contribution is 0.0417. The largest absolute Gasteiger partial charge is 0.478 e. The summed E-state index contributed by atoms with van der Waals surface area (Å²) < 4.78 is 34.8. The molecule has 9 heteroatoms. The number of carboxylic acid groups (broad SMARTS) is 1. The monoisotopic (exact) mass is 385 g/mol. The quantitative estimate of drug-likeness (QED) is 0.786. The molecule has 2 atom stereocenters. The molecule has 2 fully saturated rings. The second kappa shape index (κ2) is 7.40. The molecule has 3 rings (SSSR count). The molecule has 1 N–H and O–H groups in total. The number of hydrogen-bond donors (Lipinski definition) is 1. The molecule has 2 aliphatic rings. The highest BCUT2D eigenvalue weighted by atomic mass is 32.2. The second-order valence-corrected chi connectivity index (χ2v) is 8.98. The Morgan fingerprint density at radius 2 is 2.12 bits per heavy atom. The van der Waals surface area contributed by atoms with E-state index in [9.17, 15) is 23.1 Å². The molecule has 0 bridgehead atoms. The summed E-state index contributed by atoms with van der Waals surface area (Å²) in [4.78, 5) is 25.8. The fourth-order valence-electron chi connectivity index (χ4n) is 3.55. The van der Waals surface area contributed by atoms with Gasteiger partial charge in [-0.15, -0.1) is 0 Å². The van der Waals surface area contributed by atoms with E-state index in [4.69, 9.17) is 9.15 Å². The summed E-state index contributed by atoms with van der Waals surface area (Å²) >= 11 is 0. The molecule has 8 nitrogen and oxygen atoms in total. The van der Waals surface area contributed by atoms with Gasteiger partial charge < -0.3 is 19.2 Å². The predicted octanol–water partition coefficient (Wildman–Crippen LogP) is 1.35. The molecule has 3 heterocycles. The Kier molecular flexibility index (Phi) is 5.38. The highest BCUT2D eigenvalue weighted by Crippen LogP contribution is 2.25. The van der Waals surface area contributed by atoms with Crippen molar-refractivity contribution in [3.8, 4) is 0 Å². The van der Waals surface area contributed by atoms with Gasteiger partial charge in [-0.3, -0.25) is 4.79 Å². The highest BCUT2D eigenvalue weighted by molar-refractivity contribution is 7.91. The van der Waals surface area contributed by atoms with Gasteiger partial charge in [0.2, 0.25) is 0 Å². The van der Waals surface area contributed by atoms with Crippen LogP contribution < -0.4 is 0 Å². The van der Waals surface area contributed by atoms with Crippen LogP contribution in [0.5, 0.6) is 0 Å². The molecule has 0 spiro atoms. The minimum absolute atomic E-state index is 0.0352. The van der Waals surface area contributed by atoms with Crippen LogP contribution in [-0.4, -0.2) is 67.1 Å². The predicted molar refractivity (Wildman–Crippen MR) is 92.1 cm³/mol. The van der Waals surface area contributed by atoms with E-state index in [1.807, 2.05) is 0 Å². The van der Waals surface area contributed by atoms with E-state index >= 15 is 0 Å². The zero-order chi connectivity index (χ0) is 18.9. The fourth-order valence-corrected chi connectivity index (χ4v) is 5.28. The van der Waals surface area contributed by atoms with E-state index in [1.54, 1.807) is 6.92 Å². The molecule has 2 aliphatic heterocycles. The maximum absolute atomic E-state index is 13.0. The Hall–Kier alpha value is -1.87. The number of sulfone groups is 1. The van der Waals surface area contributed by atoms with E-state index in [1.165, 1.54) is 11.0 Å². The van der Waals surface area contributed by atoms with Crippen molar-refractivity contribution in [1.82, 2.24) is 4.90 Å². The van der Waals surface area contributed by atoms with Crippen LogP contribution in [-0.2, 0) is 21.0 Å². The third kappa shape index (κ3) is 3.93. The molecule has 1 aromatic heterocycles. The standard InChI is InChI=1S/C17H23NO7S/c1-2-14-13(17(20)21)8-15(25-14)16(19)18(9-12-4-3-6-24-12)11-5-7-26(22,23)10-11/h8,11-12H,2-7,9-10H2,1H3,(H,20,21). The van der Waals surface area contributed by atoms with E-state index in [0.29, 0.717) is 19.4 Å². The average molecular weight is 385 g/mol. The minimum Gasteiger partial charge on any atom is -0.478 e. The molecule has 2 saturated heterocycles. The Balaban J connectivity index is 1.87. The number of aromatic carboxylic acids is 1. The normalized spacial score (nSPS) is 24.7. The second-order valence-electron chi connectivity index (χ2n) is 6.76. The van der Waals surface area contributed by atoms with Crippen molar-refractivity contribution in [2.75, 3.05) is 24.7 Å². The number of ether oxygens (including phenoxy) is 1. The zero-order valence-corrected chi connectivity index (χ0v) is 15.5. The van der Waals surface area contributed by atoms with E-state index in [0.717, 1.165) is 12.8 Å². The molecule has 26 heavy (non-hydrogen) atoms. The molecule has 1 aromatic rings. The van der Waals surface area contributed by atoms with Crippen LogP contribution in [0.25, 0.3) is 0 Å². The summed E-state index contributed by atoms with van der Waals surface area (Å²) in [5.41, 5.74) is -0.0352. The van der Waals surface area contributed by atoms with Crippen molar-refractivity contribution < 1.29 is 32.3 Å². The van der Waals surface area contributed by atoms with Crippen molar-refractivity contribution >= 4 is 21.7 Å². The van der Waals surface area contributed by atoms with Crippen LogP contribution in [0.1, 0.15) is 52.9 Å². The highest BCUT2D eigenvalue weighted by Gasteiger charge is 2.38. The number of amides is 1. The van der Waals surface area contributed by atoms with E-state index in [-0.39, 0.29) is 41.2 Å². The van der Waals surface area contributed by atoms with Gasteiger partial charge in [-0.25, -0.2) is 13.2 Å². The molecular formula is C17H23NO7S. The van der Waals surface area contributed by atoms with Crippen molar-refractivity contribution in [1.29, 1.82) is 0 Å². The van der Waals surface area contributed by atoms with Crippen molar-refractivity contribution in [3.05, 3.63) is 23.2 Å². The van der Waals surface area contributed by atoms with Gasteiger partial charge >= 0.3 is 5.97 Å². The Labute approximate surface area is 152 Å². The summed E-state index contributed by atoms with van der Waals surface area (Å²) in [6.45, 7) is 2.65. The Morgan fingerprint density at radius 1 is 1.35 bits per heavy atom. The molecule has 0 radical (unpaired) electrons. The van der Waals surface area contributed by atoms with Gasteiger partial charge in [-0.2, -0.15) is 0 Å². The first-order valence-corrected chi connectivity index (χ1v) is 10.6. The number of carbonyl (C=O) groups excluding carboxylic acids is 1. The maximum atomic E-state index is 13.0. The minimum atomic E-state index is -3.17. The molecule has 1 amide bonds. The average Bonchev–Trinajstić information content (AvgIpc) is 3.31. The van der Waals surface area contributed by atoms with Crippen LogP contribution in [0.15, 0.2) is 10.5 Å². The first-order chi connectivity index (χ1) is 12.3. The molecule has 0 aromatic carbocycles. The van der Waals surface area contributed by atoms with E-state index in [2.05, 4.69) is 0 Å². The molecular weight excluding hydrogens is 362 g/mol. The van der Waals surface area contributed by atoms with Gasteiger partial charge in [0, 0.05) is 31.7 Å². The number of aryl methyl sites for hydroxylation is 1. The third-order valence-corrected chi connectivity index (χ3v) is 6.66. The van der Waals surface area contributed by atoms with Crippen LogP contribution in [0.3, 0.4) is 0 Å². The molecule has 0 aliphatic carbocycles. The summed E-state index contributed by atoms with van der Waals surface area (Å²) in [5.74, 6) is -1.51. The first kappa shape index (κ1) is 18.9. The lowest BCUT2D eigenvalue weighted by atomic mass is 10.1. The topological polar surface area (TPSA) is 114 Å². The zero-order valence-electron chi connectivity index (χ0n) is 14.6. The number of nitrogens with zero attached hydrogens (tertiary/aromatic N) is 1. The smallest absolute Gasteiger partial charge is 0.339 e. The number of hydrogen-bond acceptors (Lipinski definition) is 6. The van der Waals surface area contributed by atoms with Gasteiger partial charge in [-0.05, 0) is 19.3 Å². The van der Waals surface area contributed by atoms with Crippen LogP contribution in [0, 0.1) is 0 Å². The molecule has 144 valence electrons. The lowest BCUT2D eigenvalue weighted by Gasteiger charge is -2.29. The van der Waals surface area contributed by atoms with Gasteiger partial charge in [0.1, 0.15) is 11.3 Å². The summed E-state index contributed by atoms with van der Waals surface area (Å²) in [6, 6.07) is 0.787. The van der Waals surface area contributed by atoms with Crippen LogP contribution in [0.2, 0.25) is 0 Å². The number of carbonyl (C=O) groups is 2. The Bertz CT molecular complexity index is 792. The van der Waals surface area contributed by atoms with Crippen molar-refractivity contribution in [2.45, 2.75) is 44.8 Å². The Morgan fingerprint density at radius 3 is 2.62 bits per heavy atom. The SMILES string of the molecule is CCc1oc(C(=O)N(CC2CCCO2)C2CCS(=O)(=O)C2)cc1C(=O)O. The van der Waals surface area contributed by atoms with Crippen LogP contribution in [0.4, 0.5) is 0 Å².